The van der Waals surface area contributed by atoms with Crippen molar-refractivity contribution >= 4 is 6.03 Å². The average Bonchev–Trinajstić information content (AvgIpc) is 3.45. The van der Waals surface area contributed by atoms with Crippen molar-refractivity contribution in [3.8, 4) is 17.2 Å². The molecule has 0 unspecified atom stereocenters. The van der Waals surface area contributed by atoms with Gasteiger partial charge in [-0.2, -0.15) is 35.1 Å². The zero-order chi connectivity index (χ0) is 32.6. The molecule has 0 radical (unpaired) electrons. The summed E-state index contributed by atoms with van der Waals surface area (Å²) in [6.07, 6.45) is -16.9. The van der Waals surface area contributed by atoms with Gasteiger partial charge in [-0.3, -0.25) is 0 Å². The monoisotopic (exact) mass is 648 g/mol. The third-order valence-corrected chi connectivity index (χ3v) is 7.45. The molecule has 5 rings (SSSR count). The third kappa shape index (κ3) is 6.71. The molecule has 3 aromatic rings. The molecule has 1 saturated carbocycles. The Labute approximate surface area is 250 Å². The number of carbonyl (C=O) groups excluding carboxylic acids is 1. The number of nitrogens with one attached hydrogen (secondary N) is 2. The van der Waals surface area contributed by atoms with Gasteiger partial charge in [0.1, 0.15) is 11.6 Å². The van der Waals surface area contributed by atoms with Crippen LogP contribution in [-0.4, -0.2) is 36.8 Å². The van der Waals surface area contributed by atoms with E-state index in [1.165, 1.54) is 0 Å². The van der Waals surface area contributed by atoms with Crippen LogP contribution in [0.4, 0.5) is 44.3 Å². The van der Waals surface area contributed by atoms with Gasteiger partial charge < -0.3 is 24.8 Å². The molecular formula is C30H25F9N2O4. The number of benzene rings is 3. The predicted molar refractivity (Wildman–Crippen MR) is 140 cm³/mol. The molecule has 45 heavy (non-hydrogen) atoms. The van der Waals surface area contributed by atoms with Gasteiger partial charge in [0.15, 0.2) is 11.5 Å². The largest absolute Gasteiger partial charge is 0.507 e. The van der Waals surface area contributed by atoms with Crippen molar-refractivity contribution in [1.82, 2.24) is 10.6 Å². The third-order valence-electron chi connectivity index (χ3n) is 7.45. The lowest BCUT2D eigenvalue weighted by Crippen LogP contribution is -2.54. The summed E-state index contributed by atoms with van der Waals surface area (Å²) in [4.78, 5) is 13.5. The van der Waals surface area contributed by atoms with Crippen molar-refractivity contribution in [1.29, 1.82) is 0 Å². The van der Waals surface area contributed by atoms with Gasteiger partial charge in [0.2, 0.25) is 0 Å². The Morgan fingerprint density at radius 2 is 1.53 bits per heavy atom. The second-order valence-corrected chi connectivity index (χ2v) is 10.7. The average molecular weight is 649 g/mol. The number of carbonyl (C=O) groups is 1. The summed E-state index contributed by atoms with van der Waals surface area (Å²) in [5.41, 5.74) is -2.14. The maximum absolute atomic E-state index is 15.0. The number of alkyl halides is 8. The number of rotatable bonds is 9. The topological polar surface area (TPSA) is 68.8 Å². The van der Waals surface area contributed by atoms with Crippen LogP contribution in [0.2, 0.25) is 0 Å². The maximum atomic E-state index is 15.0. The number of hydrogen-bond donors (Lipinski definition) is 2. The van der Waals surface area contributed by atoms with E-state index >= 15 is 4.39 Å². The molecule has 0 aromatic heterocycles. The highest BCUT2D eigenvalue weighted by atomic mass is 19.3. The predicted octanol–water partition coefficient (Wildman–Crippen LogP) is 7.75. The zero-order valence-corrected chi connectivity index (χ0v) is 23.1. The first-order valence-electron chi connectivity index (χ1n) is 13.7. The Bertz CT molecular complexity index is 1540. The summed E-state index contributed by atoms with van der Waals surface area (Å²) in [5.74, 6) is -3.96. The SMILES string of the molecule is O=C(NC1CCCC1)N[C@](Cc1ccccc1)(c1cc(F)cc(OC(F)(F)C(F)F)c1)c1ccc2c(c1)OC(F)(F)C(F)(F)O2. The van der Waals surface area contributed by atoms with E-state index in [-0.39, 0.29) is 23.6 Å². The fourth-order valence-corrected chi connectivity index (χ4v) is 5.35. The number of amides is 2. The van der Waals surface area contributed by atoms with E-state index in [0.29, 0.717) is 24.5 Å². The Hall–Kier alpha value is -4.30. The van der Waals surface area contributed by atoms with Gasteiger partial charge in [-0.1, -0.05) is 49.2 Å². The van der Waals surface area contributed by atoms with Crippen LogP contribution >= 0.6 is 0 Å². The van der Waals surface area contributed by atoms with Gasteiger partial charge in [0.25, 0.3) is 0 Å². The molecule has 1 heterocycles. The molecule has 1 atom stereocenters. The highest BCUT2D eigenvalue weighted by molar-refractivity contribution is 5.77. The lowest BCUT2D eigenvalue weighted by Gasteiger charge is -2.38. The van der Waals surface area contributed by atoms with Crippen LogP contribution in [0.1, 0.15) is 42.4 Å². The van der Waals surface area contributed by atoms with Crippen LogP contribution in [0.3, 0.4) is 0 Å². The smallest absolute Gasteiger partial charge is 0.428 e. The van der Waals surface area contributed by atoms with E-state index in [0.717, 1.165) is 43.2 Å². The minimum atomic E-state index is -5.12. The van der Waals surface area contributed by atoms with Crippen LogP contribution in [0.15, 0.2) is 66.7 Å². The standard InChI is InChI=1S/C30H25F9N2O4/c31-20-12-19(13-22(15-20)43-28(34,35)25(32)33)27(16-17-6-2-1-3-7-17,41-26(42)40-21-8-4-5-9-21)18-10-11-23-24(14-18)45-30(38,39)29(36,37)44-23/h1-3,6-7,10-15,21,25H,4-5,8-9,16H2,(H2,40,41,42)/t27-/m0/s1. The normalized spacial score (nSPS) is 18.7. The minimum absolute atomic E-state index is 0.173. The molecule has 2 aliphatic rings. The Balaban J connectivity index is 1.70. The van der Waals surface area contributed by atoms with Crippen molar-refractivity contribution in [2.45, 2.75) is 68.4 Å². The Kier molecular flexibility index (Phi) is 8.49. The first kappa shape index (κ1) is 32.1. The second-order valence-electron chi connectivity index (χ2n) is 10.7. The van der Waals surface area contributed by atoms with Crippen LogP contribution < -0.4 is 24.8 Å². The van der Waals surface area contributed by atoms with Gasteiger partial charge in [0, 0.05) is 18.5 Å². The maximum Gasteiger partial charge on any atom is 0.507 e. The van der Waals surface area contributed by atoms with Crippen molar-refractivity contribution in [2.75, 3.05) is 0 Å². The Morgan fingerprint density at radius 3 is 2.18 bits per heavy atom. The van der Waals surface area contributed by atoms with E-state index < -0.39 is 59.4 Å². The van der Waals surface area contributed by atoms with Crippen molar-refractivity contribution in [2.24, 2.45) is 0 Å². The number of hydrogen-bond acceptors (Lipinski definition) is 4. The highest BCUT2D eigenvalue weighted by Gasteiger charge is 2.66. The molecule has 0 saturated heterocycles. The number of halogens is 9. The second kappa shape index (κ2) is 11.9. The molecule has 0 bridgehead atoms. The number of fused-ring (bicyclic) bond motifs is 1. The zero-order valence-electron chi connectivity index (χ0n) is 23.1. The van der Waals surface area contributed by atoms with E-state index in [4.69, 9.17) is 0 Å². The van der Waals surface area contributed by atoms with Crippen molar-refractivity contribution in [3.05, 3.63) is 89.2 Å². The molecule has 242 valence electrons. The molecule has 6 nitrogen and oxygen atoms in total. The summed E-state index contributed by atoms with van der Waals surface area (Å²) in [7, 11) is 0. The van der Waals surface area contributed by atoms with Crippen LogP contribution in [0.25, 0.3) is 0 Å². The van der Waals surface area contributed by atoms with Gasteiger partial charge in [-0.05, 0) is 53.8 Å². The summed E-state index contributed by atoms with van der Waals surface area (Å²) < 4.78 is 137. The molecular weight excluding hydrogens is 623 g/mol. The van der Waals surface area contributed by atoms with Gasteiger partial charge in [0.05, 0.1) is 5.54 Å². The Morgan fingerprint density at radius 1 is 0.889 bits per heavy atom. The van der Waals surface area contributed by atoms with Gasteiger partial charge in [-0.15, -0.1) is 0 Å². The molecule has 3 aromatic carbocycles. The van der Waals surface area contributed by atoms with Crippen LogP contribution in [-0.2, 0) is 12.0 Å². The summed E-state index contributed by atoms with van der Waals surface area (Å²) in [6.45, 7) is 0. The van der Waals surface area contributed by atoms with Gasteiger partial charge >= 0.3 is 30.8 Å². The van der Waals surface area contributed by atoms with Crippen molar-refractivity contribution in [3.63, 3.8) is 0 Å². The first-order chi connectivity index (χ1) is 21.1. The molecule has 1 fully saturated rings. The molecule has 0 spiro atoms. The lowest BCUT2D eigenvalue weighted by atomic mass is 9.77. The number of urea groups is 1. The summed E-state index contributed by atoms with van der Waals surface area (Å²) in [5, 5.41) is 5.44. The minimum Gasteiger partial charge on any atom is -0.428 e. The fraction of sp³-hybridized carbons (Fsp3) is 0.367. The highest BCUT2D eigenvalue weighted by Crippen LogP contribution is 2.49. The number of ether oxygens (including phenoxy) is 3. The van der Waals surface area contributed by atoms with Crippen molar-refractivity contribution < 1.29 is 58.5 Å². The quantitative estimate of drug-likeness (QED) is 0.233. The fourth-order valence-electron chi connectivity index (χ4n) is 5.35. The molecule has 1 aliphatic heterocycles. The van der Waals surface area contributed by atoms with Gasteiger partial charge in [-0.25, -0.2) is 9.18 Å². The molecule has 15 heteroatoms. The van der Waals surface area contributed by atoms with Crippen LogP contribution in [0.5, 0.6) is 17.2 Å². The van der Waals surface area contributed by atoms with Crippen LogP contribution in [0, 0.1) is 5.82 Å². The van der Waals surface area contributed by atoms with E-state index in [9.17, 15) is 39.9 Å². The molecule has 2 N–H and O–H groups in total. The van der Waals surface area contributed by atoms with E-state index in [1.807, 2.05) is 0 Å². The molecule has 1 aliphatic carbocycles. The first-order valence-corrected chi connectivity index (χ1v) is 13.7. The molecule has 2 amide bonds. The summed E-state index contributed by atoms with van der Waals surface area (Å²) in [6, 6.07) is 11.7. The summed E-state index contributed by atoms with van der Waals surface area (Å²) >= 11 is 0. The van der Waals surface area contributed by atoms with E-state index in [2.05, 4.69) is 24.8 Å². The van der Waals surface area contributed by atoms with E-state index in [1.54, 1.807) is 30.3 Å². The lowest BCUT2D eigenvalue weighted by molar-refractivity contribution is -0.391.